The highest BCUT2D eigenvalue weighted by Crippen LogP contribution is 2.36. The second-order valence-electron chi connectivity index (χ2n) is 5.39. The summed E-state index contributed by atoms with van der Waals surface area (Å²) in [6.45, 7) is 0. The molecule has 0 fully saturated rings. The molecule has 1 aliphatic carbocycles. The van der Waals surface area contributed by atoms with Crippen molar-refractivity contribution in [3.05, 3.63) is 86.6 Å². The maximum Gasteiger partial charge on any atom is 0.278 e. The van der Waals surface area contributed by atoms with Crippen molar-refractivity contribution in [1.82, 2.24) is 4.98 Å². The Hall–Kier alpha value is -2.72. The lowest BCUT2D eigenvalue weighted by Crippen LogP contribution is -1.94. The summed E-state index contributed by atoms with van der Waals surface area (Å²) < 4.78 is 0. The van der Waals surface area contributed by atoms with Gasteiger partial charge in [0.05, 0.1) is 21.5 Å². The molecule has 1 aromatic heterocycles. The first kappa shape index (κ1) is 13.9. The van der Waals surface area contributed by atoms with Gasteiger partial charge in [0, 0.05) is 16.7 Å². The largest absolute Gasteiger partial charge is 0.278 e. The number of non-ortho nitro benzene ring substituents is 1. The van der Waals surface area contributed by atoms with Gasteiger partial charge in [-0.1, -0.05) is 35.9 Å². The first-order valence-corrected chi connectivity index (χ1v) is 7.55. The van der Waals surface area contributed by atoms with Gasteiger partial charge in [0.15, 0.2) is 0 Å². The highest BCUT2D eigenvalue weighted by Gasteiger charge is 2.20. The van der Waals surface area contributed by atoms with E-state index in [9.17, 15) is 10.1 Å². The molecule has 0 saturated carbocycles. The highest BCUT2D eigenvalue weighted by molar-refractivity contribution is 6.31. The molecule has 1 heterocycles. The van der Waals surface area contributed by atoms with Crippen molar-refractivity contribution in [2.75, 3.05) is 0 Å². The number of nitrogens with zero attached hydrogens (tertiary/aromatic N) is 2. The number of halogens is 1. The average Bonchev–Trinajstić information content (AvgIpc) is 2.99. The van der Waals surface area contributed by atoms with Crippen molar-refractivity contribution in [3.8, 4) is 0 Å². The summed E-state index contributed by atoms with van der Waals surface area (Å²) in [5.41, 5.74) is 4.70. The number of fused-ring (bicyclic) bond motifs is 2. The third-order valence-electron chi connectivity index (χ3n) is 4.10. The standard InChI is InChI=1S/C18H11ClN2O2/c19-15-4-1-3-11-12(15)7-8-13(11)17-10-9-14-16(20-17)5-2-6-18(14)21(22)23/h1-6,8-10H,7H2. The van der Waals surface area contributed by atoms with Gasteiger partial charge in [-0.25, -0.2) is 4.98 Å². The van der Waals surface area contributed by atoms with Crippen LogP contribution in [0.5, 0.6) is 0 Å². The van der Waals surface area contributed by atoms with E-state index in [1.165, 1.54) is 6.07 Å². The number of benzene rings is 2. The van der Waals surface area contributed by atoms with Crippen LogP contribution in [0.25, 0.3) is 16.5 Å². The molecule has 0 atom stereocenters. The van der Waals surface area contributed by atoms with Gasteiger partial charge in [-0.15, -0.1) is 0 Å². The zero-order chi connectivity index (χ0) is 16.0. The first-order valence-electron chi connectivity index (χ1n) is 7.17. The van der Waals surface area contributed by atoms with Crippen molar-refractivity contribution in [2.24, 2.45) is 0 Å². The van der Waals surface area contributed by atoms with Crippen molar-refractivity contribution < 1.29 is 4.92 Å². The van der Waals surface area contributed by atoms with Crippen LogP contribution in [0.15, 0.2) is 54.6 Å². The fourth-order valence-electron chi connectivity index (χ4n) is 3.02. The molecular weight excluding hydrogens is 312 g/mol. The topological polar surface area (TPSA) is 56.0 Å². The molecular formula is C18H11ClN2O2. The fraction of sp³-hybridized carbons (Fsp3) is 0.0556. The van der Waals surface area contributed by atoms with Gasteiger partial charge >= 0.3 is 0 Å². The second-order valence-corrected chi connectivity index (χ2v) is 5.79. The van der Waals surface area contributed by atoms with Gasteiger partial charge in [-0.05, 0) is 41.8 Å². The van der Waals surface area contributed by atoms with Crippen LogP contribution in [0, 0.1) is 10.1 Å². The molecule has 0 aliphatic heterocycles. The maximum absolute atomic E-state index is 11.1. The zero-order valence-electron chi connectivity index (χ0n) is 12.0. The molecule has 1 aliphatic rings. The quantitative estimate of drug-likeness (QED) is 0.503. The van der Waals surface area contributed by atoms with E-state index in [0.29, 0.717) is 10.9 Å². The van der Waals surface area contributed by atoms with Crippen LogP contribution in [0.4, 0.5) is 5.69 Å². The Morgan fingerprint density at radius 3 is 2.74 bits per heavy atom. The lowest BCUT2D eigenvalue weighted by atomic mass is 10.0. The predicted octanol–water partition coefficient (Wildman–Crippen LogP) is 4.78. The minimum absolute atomic E-state index is 0.0744. The number of aromatic nitrogens is 1. The maximum atomic E-state index is 11.1. The summed E-state index contributed by atoms with van der Waals surface area (Å²) in [6.07, 6.45) is 2.88. The van der Waals surface area contributed by atoms with Crippen LogP contribution in [-0.2, 0) is 6.42 Å². The summed E-state index contributed by atoms with van der Waals surface area (Å²) >= 11 is 6.24. The highest BCUT2D eigenvalue weighted by atomic mass is 35.5. The van der Waals surface area contributed by atoms with Gasteiger partial charge in [0.1, 0.15) is 0 Å². The number of hydrogen-bond acceptors (Lipinski definition) is 3. The van der Waals surface area contributed by atoms with Crippen LogP contribution >= 0.6 is 11.6 Å². The fourth-order valence-corrected chi connectivity index (χ4v) is 3.27. The molecule has 2 aromatic carbocycles. The van der Waals surface area contributed by atoms with Gasteiger partial charge < -0.3 is 0 Å². The molecule has 0 amide bonds. The Kier molecular flexibility index (Phi) is 3.13. The zero-order valence-corrected chi connectivity index (χ0v) is 12.7. The van der Waals surface area contributed by atoms with Crippen molar-refractivity contribution in [1.29, 1.82) is 0 Å². The predicted molar refractivity (Wildman–Crippen MR) is 90.6 cm³/mol. The van der Waals surface area contributed by atoms with E-state index in [0.717, 1.165) is 33.8 Å². The third kappa shape index (κ3) is 2.19. The Bertz CT molecular complexity index is 995. The molecule has 112 valence electrons. The number of allylic oxidation sites excluding steroid dienone is 1. The smallest absolute Gasteiger partial charge is 0.258 e. The molecule has 4 rings (SSSR count). The lowest BCUT2D eigenvalue weighted by Gasteiger charge is -2.08. The van der Waals surface area contributed by atoms with Gasteiger partial charge in [-0.3, -0.25) is 10.1 Å². The number of hydrogen-bond donors (Lipinski definition) is 0. The molecule has 0 unspecified atom stereocenters. The minimum Gasteiger partial charge on any atom is -0.258 e. The number of pyridine rings is 1. The Morgan fingerprint density at radius 2 is 1.91 bits per heavy atom. The van der Waals surface area contributed by atoms with E-state index < -0.39 is 0 Å². The van der Waals surface area contributed by atoms with Crippen molar-refractivity contribution >= 4 is 33.8 Å². The van der Waals surface area contributed by atoms with E-state index in [4.69, 9.17) is 11.6 Å². The second kappa shape index (κ2) is 5.18. The van der Waals surface area contributed by atoms with Crippen molar-refractivity contribution in [2.45, 2.75) is 6.42 Å². The van der Waals surface area contributed by atoms with Crippen molar-refractivity contribution in [3.63, 3.8) is 0 Å². The summed E-state index contributed by atoms with van der Waals surface area (Å²) in [7, 11) is 0. The molecule has 23 heavy (non-hydrogen) atoms. The van der Waals surface area contributed by atoms with Crippen LogP contribution < -0.4 is 0 Å². The van der Waals surface area contributed by atoms with E-state index in [-0.39, 0.29) is 10.6 Å². The monoisotopic (exact) mass is 322 g/mol. The SMILES string of the molecule is O=[N+]([O-])c1cccc2nc(C3=CCc4c(Cl)cccc43)ccc12. The summed E-state index contributed by atoms with van der Waals surface area (Å²) in [6, 6.07) is 14.4. The molecule has 0 spiro atoms. The van der Waals surface area contributed by atoms with E-state index in [1.807, 2.05) is 24.3 Å². The normalized spacial score (nSPS) is 13.0. The van der Waals surface area contributed by atoms with Crippen LogP contribution in [0.1, 0.15) is 16.8 Å². The minimum atomic E-state index is -0.381. The van der Waals surface area contributed by atoms with E-state index in [1.54, 1.807) is 18.2 Å². The molecule has 3 aromatic rings. The van der Waals surface area contributed by atoms with E-state index in [2.05, 4.69) is 11.1 Å². The lowest BCUT2D eigenvalue weighted by molar-refractivity contribution is -0.383. The molecule has 0 N–H and O–H groups in total. The van der Waals surface area contributed by atoms with E-state index >= 15 is 0 Å². The number of nitro groups is 1. The molecule has 5 heteroatoms. The first-order chi connectivity index (χ1) is 11.1. The summed E-state index contributed by atoms with van der Waals surface area (Å²) in [5.74, 6) is 0. The molecule has 4 nitrogen and oxygen atoms in total. The van der Waals surface area contributed by atoms with Crippen LogP contribution in [0.3, 0.4) is 0 Å². The number of rotatable bonds is 2. The van der Waals surface area contributed by atoms with Gasteiger partial charge in [0.25, 0.3) is 5.69 Å². The van der Waals surface area contributed by atoms with Crippen LogP contribution in [-0.4, -0.2) is 9.91 Å². The Morgan fingerprint density at radius 1 is 1.09 bits per heavy atom. The average molecular weight is 323 g/mol. The third-order valence-corrected chi connectivity index (χ3v) is 4.45. The van der Waals surface area contributed by atoms with Gasteiger partial charge in [-0.2, -0.15) is 0 Å². The molecule has 0 bridgehead atoms. The Balaban J connectivity index is 1.87. The Labute approximate surface area is 137 Å². The summed E-state index contributed by atoms with van der Waals surface area (Å²) in [4.78, 5) is 15.3. The summed E-state index contributed by atoms with van der Waals surface area (Å²) in [5, 5.41) is 12.4. The molecule has 0 radical (unpaired) electrons. The number of nitro benzene ring substituents is 1. The molecule has 0 saturated heterocycles. The van der Waals surface area contributed by atoms with Gasteiger partial charge in [0.2, 0.25) is 0 Å². The van der Waals surface area contributed by atoms with Crippen LogP contribution in [0.2, 0.25) is 5.02 Å².